The molecule has 3 rings (SSSR count). The Morgan fingerprint density at radius 3 is 2.84 bits per heavy atom. The third kappa shape index (κ3) is 3.83. The Hall–Kier alpha value is -2.38. The second-order valence-corrected chi connectivity index (χ2v) is 6.62. The Kier molecular flexibility index (Phi) is 5.06. The van der Waals surface area contributed by atoms with E-state index >= 15 is 0 Å². The highest BCUT2D eigenvalue weighted by Crippen LogP contribution is 2.25. The van der Waals surface area contributed by atoms with Crippen LogP contribution in [0.5, 0.6) is 0 Å². The first-order chi connectivity index (χ1) is 12.0. The molecule has 0 radical (unpaired) electrons. The minimum atomic E-state index is -0.272. The average Bonchev–Trinajstić information content (AvgIpc) is 3.16. The SMILES string of the molecule is Cc1nn(C)c(Cl)c1C=CC(=O)Nc1cc(Br)ccc1-n1cccn1. The first-order valence-electron chi connectivity index (χ1n) is 7.43. The molecule has 1 N–H and O–H groups in total. The van der Waals surface area contributed by atoms with Crippen molar-refractivity contribution in [2.24, 2.45) is 7.05 Å². The van der Waals surface area contributed by atoms with Crippen LogP contribution in [0.3, 0.4) is 0 Å². The number of rotatable bonds is 4. The van der Waals surface area contributed by atoms with E-state index in [0.717, 1.165) is 21.4 Å². The number of benzene rings is 1. The molecule has 8 heteroatoms. The Morgan fingerprint density at radius 2 is 2.20 bits per heavy atom. The molecule has 0 fully saturated rings. The normalized spacial score (nSPS) is 11.2. The summed E-state index contributed by atoms with van der Waals surface area (Å²) in [5.74, 6) is -0.272. The predicted octanol–water partition coefficient (Wildman–Crippen LogP) is 3.98. The van der Waals surface area contributed by atoms with E-state index in [4.69, 9.17) is 11.6 Å². The topological polar surface area (TPSA) is 64.7 Å². The van der Waals surface area contributed by atoms with Gasteiger partial charge < -0.3 is 5.32 Å². The summed E-state index contributed by atoms with van der Waals surface area (Å²) in [6.07, 6.45) is 6.59. The first-order valence-corrected chi connectivity index (χ1v) is 8.60. The lowest BCUT2D eigenvalue weighted by molar-refractivity contribution is -0.111. The highest BCUT2D eigenvalue weighted by molar-refractivity contribution is 9.10. The molecule has 1 amide bonds. The van der Waals surface area contributed by atoms with Gasteiger partial charge in [-0.2, -0.15) is 10.2 Å². The van der Waals surface area contributed by atoms with Gasteiger partial charge in [0.05, 0.1) is 17.1 Å². The average molecular weight is 421 g/mol. The molecule has 0 bridgehead atoms. The van der Waals surface area contributed by atoms with E-state index in [2.05, 4.69) is 31.4 Å². The molecule has 0 spiro atoms. The van der Waals surface area contributed by atoms with Crippen LogP contribution in [-0.4, -0.2) is 25.5 Å². The monoisotopic (exact) mass is 419 g/mol. The lowest BCUT2D eigenvalue weighted by Gasteiger charge is -2.10. The Labute approximate surface area is 158 Å². The lowest BCUT2D eigenvalue weighted by Crippen LogP contribution is -2.11. The molecule has 0 atom stereocenters. The summed E-state index contributed by atoms with van der Waals surface area (Å²) in [7, 11) is 1.75. The van der Waals surface area contributed by atoms with Crippen LogP contribution in [0.15, 0.2) is 47.2 Å². The molecule has 2 aromatic heterocycles. The smallest absolute Gasteiger partial charge is 0.248 e. The van der Waals surface area contributed by atoms with Gasteiger partial charge in [0.1, 0.15) is 5.15 Å². The maximum Gasteiger partial charge on any atom is 0.248 e. The van der Waals surface area contributed by atoms with Crippen LogP contribution in [0.2, 0.25) is 5.15 Å². The van der Waals surface area contributed by atoms with Gasteiger partial charge in [-0.05, 0) is 37.3 Å². The summed E-state index contributed by atoms with van der Waals surface area (Å²) >= 11 is 9.59. The van der Waals surface area contributed by atoms with Crippen molar-refractivity contribution >= 4 is 45.2 Å². The summed E-state index contributed by atoms with van der Waals surface area (Å²) in [4.78, 5) is 12.3. The number of anilines is 1. The van der Waals surface area contributed by atoms with Gasteiger partial charge >= 0.3 is 0 Å². The van der Waals surface area contributed by atoms with Gasteiger partial charge in [-0.1, -0.05) is 27.5 Å². The van der Waals surface area contributed by atoms with Crippen LogP contribution >= 0.6 is 27.5 Å². The van der Waals surface area contributed by atoms with Crippen molar-refractivity contribution in [3.05, 3.63) is 63.6 Å². The zero-order chi connectivity index (χ0) is 18.0. The minimum absolute atomic E-state index is 0.272. The number of nitrogens with zero attached hydrogens (tertiary/aromatic N) is 4. The zero-order valence-corrected chi connectivity index (χ0v) is 15.9. The number of carbonyl (C=O) groups excluding carboxylic acids is 1. The molecule has 1 aromatic carbocycles. The van der Waals surface area contributed by atoms with E-state index in [1.165, 1.54) is 6.08 Å². The number of hydrogen-bond acceptors (Lipinski definition) is 3. The maximum absolute atomic E-state index is 12.3. The fourth-order valence-electron chi connectivity index (χ4n) is 2.39. The third-order valence-electron chi connectivity index (χ3n) is 3.57. The number of nitrogens with one attached hydrogen (secondary N) is 1. The van der Waals surface area contributed by atoms with Gasteiger partial charge in [0.15, 0.2) is 0 Å². The van der Waals surface area contributed by atoms with Crippen LogP contribution in [0.1, 0.15) is 11.3 Å². The summed E-state index contributed by atoms with van der Waals surface area (Å²) in [5.41, 5.74) is 2.89. The van der Waals surface area contributed by atoms with E-state index < -0.39 is 0 Å². The zero-order valence-electron chi connectivity index (χ0n) is 13.6. The molecule has 0 aliphatic rings. The molecule has 0 saturated heterocycles. The number of amides is 1. The van der Waals surface area contributed by atoms with Crippen molar-refractivity contribution in [1.82, 2.24) is 19.6 Å². The second-order valence-electron chi connectivity index (χ2n) is 5.35. The van der Waals surface area contributed by atoms with E-state index in [1.54, 1.807) is 28.7 Å². The highest BCUT2D eigenvalue weighted by atomic mass is 79.9. The van der Waals surface area contributed by atoms with Gasteiger partial charge in [0.25, 0.3) is 0 Å². The van der Waals surface area contributed by atoms with Gasteiger partial charge in [-0.25, -0.2) is 4.68 Å². The summed E-state index contributed by atoms with van der Waals surface area (Å²) in [5, 5.41) is 11.8. The summed E-state index contributed by atoms with van der Waals surface area (Å²) < 4.78 is 4.11. The van der Waals surface area contributed by atoms with Gasteiger partial charge in [-0.15, -0.1) is 0 Å². The van der Waals surface area contributed by atoms with Crippen LogP contribution in [0.25, 0.3) is 11.8 Å². The maximum atomic E-state index is 12.3. The van der Waals surface area contributed by atoms with Crippen molar-refractivity contribution in [3.63, 3.8) is 0 Å². The van der Waals surface area contributed by atoms with Crippen LogP contribution < -0.4 is 5.32 Å². The number of carbonyl (C=O) groups is 1. The van der Waals surface area contributed by atoms with E-state index in [9.17, 15) is 4.79 Å². The molecule has 0 aliphatic carbocycles. The quantitative estimate of drug-likeness (QED) is 0.649. The largest absolute Gasteiger partial charge is 0.321 e. The summed E-state index contributed by atoms with van der Waals surface area (Å²) in [6, 6.07) is 7.41. The number of hydrogen-bond donors (Lipinski definition) is 1. The van der Waals surface area contributed by atoms with Crippen molar-refractivity contribution in [2.45, 2.75) is 6.92 Å². The molecular formula is C17H15BrClN5O. The molecule has 128 valence electrons. The third-order valence-corrected chi connectivity index (χ3v) is 4.51. The van der Waals surface area contributed by atoms with Gasteiger partial charge in [0, 0.05) is 35.6 Å². The molecule has 0 aliphatic heterocycles. The van der Waals surface area contributed by atoms with Crippen LogP contribution in [0.4, 0.5) is 5.69 Å². The lowest BCUT2D eigenvalue weighted by atomic mass is 10.2. The number of aryl methyl sites for hydroxylation is 2. The van der Waals surface area contributed by atoms with Crippen LogP contribution in [0, 0.1) is 6.92 Å². The molecular weight excluding hydrogens is 406 g/mol. The Balaban J connectivity index is 1.84. The van der Waals surface area contributed by atoms with Crippen LogP contribution in [-0.2, 0) is 11.8 Å². The molecule has 6 nitrogen and oxygen atoms in total. The highest BCUT2D eigenvalue weighted by Gasteiger charge is 2.10. The molecule has 2 heterocycles. The van der Waals surface area contributed by atoms with Crippen molar-refractivity contribution < 1.29 is 4.79 Å². The molecule has 25 heavy (non-hydrogen) atoms. The molecule has 0 saturated carbocycles. The molecule has 3 aromatic rings. The summed E-state index contributed by atoms with van der Waals surface area (Å²) in [6.45, 7) is 1.84. The van der Waals surface area contributed by atoms with Gasteiger partial charge in [0.2, 0.25) is 5.91 Å². The van der Waals surface area contributed by atoms with Crippen molar-refractivity contribution in [3.8, 4) is 5.69 Å². The van der Waals surface area contributed by atoms with Gasteiger partial charge in [-0.3, -0.25) is 9.48 Å². The number of halogens is 2. The van der Waals surface area contributed by atoms with Crippen molar-refractivity contribution in [1.29, 1.82) is 0 Å². The fourth-order valence-corrected chi connectivity index (χ4v) is 2.99. The van der Waals surface area contributed by atoms with E-state index in [1.807, 2.05) is 37.4 Å². The van der Waals surface area contributed by atoms with Crippen molar-refractivity contribution in [2.75, 3.05) is 5.32 Å². The minimum Gasteiger partial charge on any atom is -0.321 e. The molecule has 0 unspecified atom stereocenters. The fraction of sp³-hybridized carbons (Fsp3) is 0.118. The number of aromatic nitrogens is 4. The van der Waals surface area contributed by atoms with E-state index in [0.29, 0.717) is 10.8 Å². The Bertz CT molecular complexity index is 946. The Morgan fingerprint density at radius 1 is 1.40 bits per heavy atom. The predicted molar refractivity (Wildman–Crippen MR) is 102 cm³/mol. The van der Waals surface area contributed by atoms with E-state index in [-0.39, 0.29) is 5.91 Å². The second kappa shape index (κ2) is 7.25. The standard InChI is InChI=1S/C17H15BrClN5O/c1-11-13(17(19)23(2)22-11)5-7-16(25)21-14-10-12(18)4-6-15(14)24-9-3-8-20-24/h3-10H,1-2H3,(H,21,25). The first kappa shape index (κ1) is 17.4.